The fraction of sp³-hybridized carbons (Fsp3) is 0. The standard InChI is InChI=1S/C31H22N4O12S3.3Na/c36-26-15-20(48(39,40)41)13-16-11-18(5-7-21(16)26)32-31(38)33-19-6-8-22-17(12-19)14-28(50(45,46)47)29(30(22)37)35-34-25-9-10-27(49(42,43)44)24-4-2-1-3-23(24)25;;;/h1-15,36-37H,(H2,32,33,38)(H,39,40,41)(H,42,43,44)(H,45,46,47);;;. The maximum atomic E-state index is 12.8. The summed E-state index contributed by atoms with van der Waals surface area (Å²) in [6.07, 6.45) is 0. The minimum Gasteiger partial charge on any atom is -0.507 e. The monoisotopic (exact) mass is 807 g/mol. The Morgan fingerprint density at radius 1 is 0.547 bits per heavy atom. The summed E-state index contributed by atoms with van der Waals surface area (Å²) in [4.78, 5) is 11.0. The van der Waals surface area contributed by atoms with Gasteiger partial charge in [-0.3, -0.25) is 13.7 Å². The Labute approximate surface area is 367 Å². The number of carbonyl (C=O) groups is 1. The molecule has 0 aliphatic heterocycles. The number of nitrogens with one attached hydrogen (secondary N) is 2. The van der Waals surface area contributed by atoms with Crippen molar-refractivity contribution in [3.8, 4) is 11.5 Å². The number of phenolic OH excluding ortho intramolecular Hbond substituents is 2. The van der Waals surface area contributed by atoms with Crippen molar-refractivity contribution in [2.75, 3.05) is 10.6 Å². The Hall–Kier alpha value is -2.70. The van der Waals surface area contributed by atoms with E-state index in [1.54, 1.807) is 6.07 Å². The topological polar surface area (TPSA) is 269 Å². The van der Waals surface area contributed by atoms with Crippen LogP contribution in [0.3, 0.4) is 0 Å². The van der Waals surface area contributed by atoms with Crippen molar-refractivity contribution in [2.45, 2.75) is 14.7 Å². The molecule has 0 heterocycles. The van der Waals surface area contributed by atoms with E-state index in [9.17, 15) is 53.9 Å². The van der Waals surface area contributed by atoms with Crippen molar-refractivity contribution in [1.82, 2.24) is 0 Å². The summed E-state index contributed by atoms with van der Waals surface area (Å²) in [5.41, 5.74) is -0.311. The zero-order valence-electron chi connectivity index (χ0n) is 27.9. The molecule has 0 aliphatic rings. The van der Waals surface area contributed by atoms with E-state index in [2.05, 4.69) is 20.9 Å². The smallest absolute Gasteiger partial charge is 0.323 e. The third-order valence-electron chi connectivity index (χ3n) is 7.44. The molecule has 0 atom stereocenters. The van der Waals surface area contributed by atoms with Gasteiger partial charge >= 0.3 is 6.03 Å². The molecule has 6 rings (SSSR count). The normalized spacial score (nSPS) is 11.8. The molecule has 3 radical (unpaired) electrons. The maximum Gasteiger partial charge on any atom is 0.323 e. The van der Waals surface area contributed by atoms with Crippen LogP contribution in [-0.2, 0) is 30.4 Å². The van der Waals surface area contributed by atoms with Gasteiger partial charge in [0.2, 0.25) is 0 Å². The van der Waals surface area contributed by atoms with Crippen LogP contribution in [0.4, 0.5) is 27.5 Å². The van der Waals surface area contributed by atoms with E-state index in [1.165, 1.54) is 60.7 Å². The van der Waals surface area contributed by atoms with E-state index in [1.807, 2.05) is 0 Å². The summed E-state index contributed by atoms with van der Waals surface area (Å²) in [7, 11) is -14.3. The predicted molar refractivity (Wildman–Crippen MR) is 199 cm³/mol. The average molecular weight is 808 g/mol. The molecule has 6 aromatic rings. The number of anilines is 2. The molecule has 0 aromatic heterocycles. The number of amides is 2. The van der Waals surface area contributed by atoms with Gasteiger partial charge in [0, 0.05) is 128 Å². The van der Waals surface area contributed by atoms with Gasteiger partial charge in [0.1, 0.15) is 21.2 Å². The first-order chi connectivity index (χ1) is 23.4. The van der Waals surface area contributed by atoms with Gasteiger partial charge in [-0.15, -0.1) is 10.2 Å². The number of hydrogen-bond donors (Lipinski definition) is 7. The van der Waals surface area contributed by atoms with Crippen molar-refractivity contribution in [2.24, 2.45) is 10.2 Å². The first kappa shape index (κ1) is 44.7. The Bertz CT molecular complexity index is 2800. The van der Waals surface area contributed by atoms with Gasteiger partial charge in [0.25, 0.3) is 30.4 Å². The maximum absolute atomic E-state index is 12.8. The molecular formula is C31H22N4Na3O12S3. The average Bonchev–Trinajstić information content (AvgIpc) is 3.02. The van der Waals surface area contributed by atoms with Gasteiger partial charge < -0.3 is 20.8 Å². The summed E-state index contributed by atoms with van der Waals surface area (Å²) in [5.74, 6) is -1.11. The van der Waals surface area contributed by atoms with Crippen LogP contribution >= 0.6 is 0 Å². The van der Waals surface area contributed by atoms with E-state index in [0.29, 0.717) is 0 Å². The molecule has 2 amide bonds. The molecule has 53 heavy (non-hydrogen) atoms. The first-order valence-corrected chi connectivity index (χ1v) is 18.2. The van der Waals surface area contributed by atoms with Crippen LogP contribution in [0.2, 0.25) is 0 Å². The fourth-order valence-electron chi connectivity index (χ4n) is 5.24. The van der Waals surface area contributed by atoms with E-state index in [0.717, 1.165) is 24.3 Å². The molecule has 0 bridgehead atoms. The third kappa shape index (κ3) is 9.76. The number of carbonyl (C=O) groups excluding carboxylic acids is 1. The van der Waals surface area contributed by atoms with Gasteiger partial charge in [-0.25, -0.2) is 4.79 Å². The second kappa shape index (κ2) is 17.0. The Balaban J connectivity index is 0.00000252. The molecular weight excluding hydrogens is 786 g/mol. The van der Waals surface area contributed by atoms with E-state index < -0.39 is 68.3 Å². The van der Waals surface area contributed by atoms with Gasteiger partial charge in [0.05, 0.1) is 10.6 Å². The molecule has 0 aliphatic carbocycles. The number of urea groups is 1. The second-order valence-electron chi connectivity index (χ2n) is 10.7. The second-order valence-corrected chi connectivity index (χ2v) is 14.9. The summed E-state index contributed by atoms with van der Waals surface area (Å²) in [6.45, 7) is 0. The van der Waals surface area contributed by atoms with Crippen LogP contribution < -0.4 is 10.6 Å². The van der Waals surface area contributed by atoms with Crippen LogP contribution in [0.25, 0.3) is 32.3 Å². The van der Waals surface area contributed by atoms with Gasteiger partial charge in [-0.1, -0.05) is 24.3 Å². The molecule has 259 valence electrons. The summed E-state index contributed by atoms with van der Waals surface area (Å²) in [5, 5.41) is 35.0. The molecule has 7 N–H and O–H groups in total. The molecule has 16 nitrogen and oxygen atoms in total. The van der Waals surface area contributed by atoms with Crippen LogP contribution in [0.5, 0.6) is 11.5 Å². The van der Waals surface area contributed by atoms with Gasteiger partial charge in [0.15, 0.2) is 5.75 Å². The molecule has 6 aromatic carbocycles. The fourth-order valence-corrected chi connectivity index (χ4v) is 7.13. The van der Waals surface area contributed by atoms with Gasteiger partial charge in [-0.05, 0) is 71.4 Å². The number of fused-ring (bicyclic) bond motifs is 3. The van der Waals surface area contributed by atoms with Gasteiger partial charge in [-0.2, -0.15) is 25.3 Å². The molecule has 0 spiro atoms. The minimum absolute atomic E-state index is 0. The Morgan fingerprint density at radius 3 is 1.66 bits per heavy atom. The van der Waals surface area contributed by atoms with Crippen LogP contribution in [0, 0.1) is 0 Å². The zero-order valence-corrected chi connectivity index (χ0v) is 36.3. The van der Waals surface area contributed by atoms with Crippen LogP contribution in [-0.4, -0.2) is 144 Å². The van der Waals surface area contributed by atoms with E-state index in [4.69, 9.17) is 0 Å². The number of phenols is 2. The minimum atomic E-state index is -5.03. The largest absolute Gasteiger partial charge is 0.507 e. The van der Waals surface area contributed by atoms with Crippen molar-refractivity contribution < 1.29 is 53.9 Å². The quantitative estimate of drug-likeness (QED) is 0.0622. The summed E-state index contributed by atoms with van der Waals surface area (Å²) < 4.78 is 100. The van der Waals surface area contributed by atoms with Crippen molar-refractivity contribution in [3.05, 3.63) is 91.0 Å². The molecule has 0 saturated carbocycles. The van der Waals surface area contributed by atoms with Crippen molar-refractivity contribution in [1.29, 1.82) is 0 Å². The summed E-state index contributed by atoms with van der Waals surface area (Å²) >= 11 is 0. The number of azo groups is 1. The van der Waals surface area contributed by atoms with Crippen molar-refractivity contribution >= 4 is 180 Å². The van der Waals surface area contributed by atoms with E-state index >= 15 is 0 Å². The molecule has 0 fully saturated rings. The summed E-state index contributed by atoms with van der Waals surface area (Å²) in [6, 6.07) is 18.6. The molecule has 22 heteroatoms. The number of rotatable bonds is 7. The van der Waals surface area contributed by atoms with Crippen molar-refractivity contribution in [3.63, 3.8) is 0 Å². The Morgan fingerprint density at radius 2 is 1.09 bits per heavy atom. The van der Waals surface area contributed by atoms with Crippen LogP contribution in [0.15, 0.2) is 116 Å². The predicted octanol–water partition coefficient (Wildman–Crippen LogP) is 5.21. The number of aromatic hydroxyl groups is 2. The zero-order chi connectivity index (χ0) is 36.2. The first-order valence-electron chi connectivity index (χ1n) is 13.9. The Kier molecular flexibility index (Phi) is 14.3. The van der Waals surface area contributed by atoms with E-state index in [-0.39, 0.29) is 138 Å². The molecule has 0 unspecified atom stereocenters. The third-order valence-corrected chi connectivity index (χ3v) is 10.1. The molecule has 0 saturated heterocycles. The number of hydrogen-bond acceptors (Lipinski definition) is 11. The SMILES string of the molecule is O=C(Nc1ccc2c(O)cc(S(=O)(=O)O)cc2c1)Nc1ccc2c(O)c(N=Nc3ccc(S(=O)(=O)O)c4ccccc34)c(S(=O)(=O)O)cc2c1.[Na].[Na].[Na]. The van der Waals surface area contributed by atoms with Crippen LogP contribution in [0.1, 0.15) is 0 Å². The number of benzene rings is 6. The number of nitrogens with zero attached hydrogens (tertiary/aromatic N) is 2.